The number of hydrogen-bond acceptors (Lipinski definition) is 2. The Morgan fingerprint density at radius 1 is 0.833 bits per heavy atom. The topological polar surface area (TPSA) is 74.8 Å². The smallest absolute Gasteiger partial charge is 0.282 e. The van der Waals surface area contributed by atoms with Gasteiger partial charge < -0.3 is 16.0 Å². The quantitative estimate of drug-likeness (QED) is 0.581. The summed E-state index contributed by atoms with van der Waals surface area (Å²) in [6.07, 6.45) is 1.08. The average Bonchev–Trinajstić information content (AvgIpc) is 2.67. The van der Waals surface area contributed by atoms with Gasteiger partial charge in [0, 0.05) is 29.8 Å². The van der Waals surface area contributed by atoms with Crippen LogP contribution in [0.1, 0.15) is 58.7 Å². The largest absolute Gasteiger partial charge is 0.330 e. The van der Waals surface area contributed by atoms with Crippen molar-refractivity contribution in [2.75, 3.05) is 10.6 Å². The van der Waals surface area contributed by atoms with Crippen molar-refractivity contribution in [3.63, 3.8) is 0 Å². The minimum absolute atomic E-state index is 0.0376. The molecular formula is C25H36N3O2+. The minimum Gasteiger partial charge on any atom is -0.330 e. The van der Waals surface area contributed by atoms with Gasteiger partial charge in [-0.2, -0.15) is 0 Å². The van der Waals surface area contributed by atoms with Gasteiger partial charge >= 0.3 is 0 Å². The Labute approximate surface area is 180 Å². The normalized spacial score (nSPS) is 13.2. The number of anilines is 2. The monoisotopic (exact) mass is 410 g/mol. The van der Waals surface area contributed by atoms with Crippen LogP contribution in [0.25, 0.3) is 0 Å². The van der Waals surface area contributed by atoms with Gasteiger partial charge in [-0.3, -0.25) is 9.59 Å². The van der Waals surface area contributed by atoms with Gasteiger partial charge in [-0.05, 0) is 49.1 Å². The van der Waals surface area contributed by atoms with Crippen molar-refractivity contribution in [1.29, 1.82) is 0 Å². The van der Waals surface area contributed by atoms with Crippen molar-refractivity contribution in [1.82, 2.24) is 0 Å². The molecule has 2 aromatic rings. The van der Waals surface area contributed by atoms with E-state index in [1.54, 1.807) is 24.3 Å². The molecule has 2 aromatic carbocycles. The fraction of sp³-hybridized carbons (Fsp3) is 0.440. The zero-order chi connectivity index (χ0) is 22.3. The summed E-state index contributed by atoms with van der Waals surface area (Å²) >= 11 is 0. The maximum absolute atomic E-state index is 12.7. The second-order valence-corrected chi connectivity index (χ2v) is 8.84. The highest BCUT2D eigenvalue weighted by Gasteiger charge is 2.26. The van der Waals surface area contributed by atoms with Gasteiger partial charge in [-0.1, -0.05) is 52.0 Å². The van der Waals surface area contributed by atoms with Crippen molar-refractivity contribution in [3.8, 4) is 0 Å². The zero-order valence-corrected chi connectivity index (χ0v) is 19.0. The fourth-order valence-electron chi connectivity index (χ4n) is 3.56. The molecule has 0 radical (unpaired) electrons. The maximum atomic E-state index is 12.7. The van der Waals surface area contributed by atoms with E-state index in [1.807, 2.05) is 6.92 Å². The molecule has 2 rings (SSSR count). The molecule has 0 spiro atoms. The number of rotatable bonds is 9. The van der Waals surface area contributed by atoms with E-state index in [0.717, 1.165) is 6.42 Å². The molecule has 0 aliphatic rings. The van der Waals surface area contributed by atoms with Gasteiger partial charge in [-0.15, -0.1) is 0 Å². The highest BCUT2D eigenvalue weighted by molar-refractivity contribution is 5.94. The highest BCUT2D eigenvalue weighted by atomic mass is 16.2. The fourth-order valence-corrected chi connectivity index (χ4v) is 3.56. The number of quaternary nitrogens is 1. The summed E-state index contributed by atoms with van der Waals surface area (Å²) in [5.41, 5.74) is 4.02. The average molecular weight is 411 g/mol. The van der Waals surface area contributed by atoms with Crippen LogP contribution in [0, 0.1) is 11.8 Å². The van der Waals surface area contributed by atoms with Crippen LogP contribution in [0.15, 0.2) is 48.5 Å². The Hall–Kier alpha value is -2.66. The number of hydrogen-bond donors (Lipinski definition) is 3. The molecule has 0 bridgehead atoms. The summed E-state index contributed by atoms with van der Waals surface area (Å²) in [7, 11) is 0. The number of carbonyl (C=O) groups excluding carboxylic acids is 2. The third-order valence-electron chi connectivity index (χ3n) is 5.11. The van der Waals surface area contributed by atoms with E-state index >= 15 is 0 Å². The van der Waals surface area contributed by atoms with Crippen LogP contribution in [-0.2, 0) is 16.0 Å². The Kier molecular flexibility index (Phi) is 8.60. The second-order valence-electron chi connectivity index (χ2n) is 8.84. The first-order chi connectivity index (χ1) is 14.2. The van der Waals surface area contributed by atoms with Gasteiger partial charge in [0.25, 0.3) is 5.91 Å². The summed E-state index contributed by atoms with van der Waals surface area (Å²) < 4.78 is 0. The molecule has 0 heterocycles. The number of nitrogens with one attached hydrogen (secondary N) is 2. The molecule has 2 amide bonds. The van der Waals surface area contributed by atoms with E-state index in [0.29, 0.717) is 23.2 Å². The molecule has 0 aliphatic carbocycles. The summed E-state index contributed by atoms with van der Waals surface area (Å²) in [6, 6.07) is 15.9. The van der Waals surface area contributed by atoms with Crippen molar-refractivity contribution >= 4 is 23.2 Å². The van der Waals surface area contributed by atoms with Crippen molar-refractivity contribution in [2.45, 2.75) is 60.0 Å². The van der Waals surface area contributed by atoms with Gasteiger partial charge in [0.15, 0.2) is 6.04 Å². The molecule has 0 aromatic heterocycles. The third-order valence-corrected chi connectivity index (χ3v) is 5.11. The first-order valence-electron chi connectivity index (χ1n) is 10.8. The number of amides is 2. The van der Waals surface area contributed by atoms with Crippen LogP contribution in [0.3, 0.4) is 0 Å². The standard InChI is InChI=1S/C25H35N3O2/c1-16(2)15-20-7-9-21(10-8-20)24(17(3)4)26-18(5)25(30)28-23-13-11-22(12-14-23)27-19(6)29/h7-14,16-18,24,26H,15H2,1-6H3,(H,27,29)(H,28,30)/p+1/t18-,24+/m0/s1. The Balaban J connectivity index is 2.00. The summed E-state index contributed by atoms with van der Waals surface area (Å²) in [5.74, 6) is 0.879. The minimum atomic E-state index is -0.234. The first kappa shape index (κ1) is 23.6. The van der Waals surface area contributed by atoms with E-state index in [2.05, 4.69) is 67.9 Å². The molecule has 2 atom stereocenters. The molecule has 0 fully saturated rings. The molecule has 162 valence electrons. The lowest BCUT2D eigenvalue weighted by molar-refractivity contribution is -0.718. The van der Waals surface area contributed by atoms with Gasteiger partial charge in [-0.25, -0.2) is 0 Å². The van der Waals surface area contributed by atoms with Crippen LogP contribution >= 0.6 is 0 Å². The van der Waals surface area contributed by atoms with E-state index in [1.165, 1.54) is 18.1 Å². The molecule has 0 saturated heterocycles. The lowest BCUT2D eigenvalue weighted by Crippen LogP contribution is -2.93. The van der Waals surface area contributed by atoms with Gasteiger partial charge in [0.1, 0.15) is 6.04 Å². The number of benzene rings is 2. The van der Waals surface area contributed by atoms with Crippen molar-refractivity contribution in [2.24, 2.45) is 11.8 Å². The molecular weight excluding hydrogens is 374 g/mol. The van der Waals surface area contributed by atoms with Crippen LogP contribution in [-0.4, -0.2) is 17.9 Å². The Bertz CT molecular complexity index is 826. The molecule has 30 heavy (non-hydrogen) atoms. The van der Waals surface area contributed by atoms with Gasteiger partial charge in [0.2, 0.25) is 5.91 Å². The predicted octanol–water partition coefficient (Wildman–Crippen LogP) is 4.13. The maximum Gasteiger partial charge on any atom is 0.282 e. The predicted molar refractivity (Wildman–Crippen MR) is 123 cm³/mol. The zero-order valence-electron chi connectivity index (χ0n) is 19.0. The van der Waals surface area contributed by atoms with E-state index in [9.17, 15) is 9.59 Å². The SMILES string of the molecule is CC(=O)Nc1ccc(NC(=O)[C@H](C)[NH2+][C@@H](c2ccc(CC(C)C)cc2)C(C)C)cc1. The summed E-state index contributed by atoms with van der Waals surface area (Å²) in [6.45, 7) is 12.2. The van der Waals surface area contributed by atoms with E-state index < -0.39 is 0 Å². The van der Waals surface area contributed by atoms with Crippen molar-refractivity contribution < 1.29 is 14.9 Å². The molecule has 5 nitrogen and oxygen atoms in total. The van der Waals surface area contributed by atoms with Crippen LogP contribution in [0.4, 0.5) is 11.4 Å². The summed E-state index contributed by atoms with van der Waals surface area (Å²) in [4.78, 5) is 23.8. The Morgan fingerprint density at radius 2 is 1.37 bits per heavy atom. The molecule has 0 aliphatic heterocycles. The molecule has 0 saturated carbocycles. The lowest BCUT2D eigenvalue weighted by Gasteiger charge is -2.23. The third kappa shape index (κ3) is 7.30. The molecule has 5 heteroatoms. The molecule has 0 unspecified atom stereocenters. The van der Waals surface area contributed by atoms with Gasteiger partial charge in [0.05, 0.1) is 0 Å². The van der Waals surface area contributed by atoms with Crippen LogP contribution < -0.4 is 16.0 Å². The van der Waals surface area contributed by atoms with Crippen LogP contribution in [0.2, 0.25) is 0 Å². The van der Waals surface area contributed by atoms with E-state index in [-0.39, 0.29) is 23.9 Å². The van der Waals surface area contributed by atoms with Crippen LogP contribution in [0.5, 0.6) is 0 Å². The van der Waals surface area contributed by atoms with Crippen molar-refractivity contribution in [3.05, 3.63) is 59.7 Å². The number of carbonyl (C=O) groups is 2. The second kappa shape index (κ2) is 10.9. The lowest BCUT2D eigenvalue weighted by atomic mass is 9.93. The number of nitrogens with two attached hydrogens (primary N) is 1. The summed E-state index contributed by atoms with van der Waals surface area (Å²) in [5, 5.41) is 7.83. The van der Waals surface area contributed by atoms with E-state index in [4.69, 9.17) is 0 Å². The Morgan fingerprint density at radius 3 is 1.83 bits per heavy atom. The highest BCUT2D eigenvalue weighted by Crippen LogP contribution is 2.20. The molecule has 4 N–H and O–H groups in total. The first-order valence-corrected chi connectivity index (χ1v) is 10.8.